The summed E-state index contributed by atoms with van der Waals surface area (Å²) in [4.78, 5) is 16.8. The van der Waals surface area contributed by atoms with Gasteiger partial charge in [0.05, 0.1) is 4.90 Å². The molecular formula is C16H17N3O4S. The Morgan fingerprint density at radius 1 is 1.17 bits per heavy atom. The molecule has 0 aliphatic heterocycles. The largest absolute Gasteiger partial charge is 0.384 e. The number of nitrogens with zero attached hydrogens (tertiary/aromatic N) is 1. The number of benzene rings is 2. The third kappa shape index (κ3) is 5.10. The third-order valence-electron chi connectivity index (χ3n) is 2.97. The lowest BCUT2D eigenvalue weighted by Gasteiger charge is -2.06. The van der Waals surface area contributed by atoms with Gasteiger partial charge in [0.25, 0.3) is 5.91 Å². The van der Waals surface area contributed by atoms with Gasteiger partial charge in [-0.1, -0.05) is 41.6 Å². The Labute approximate surface area is 140 Å². The quantitative estimate of drug-likeness (QED) is 0.466. The number of amidine groups is 1. The molecule has 0 bridgehead atoms. The highest BCUT2D eigenvalue weighted by atomic mass is 32.2. The molecule has 126 valence electrons. The zero-order chi connectivity index (χ0) is 17.6. The number of carbonyl (C=O) groups is 1. The summed E-state index contributed by atoms with van der Waals surface area (Å²) in [6.07, 6.45) is 1.10. The van der Waals surface area contributed by atoms with Crippen LogP contribution < -0.4 is 11.1 Å². The molecule has 0 fully saturated rings. The average Bonchev–Trinajstić information content (AvgIpc) is 2.55. The minimum atomic E-state index is -3.34. The van der Waals surface area contributed by atoms with Crippen LogP contribution in [0, 0.1) is 0 Å². The maximum Gasteiger partial charge on any atom is 0.265 e. The Bertz CT molecular complexity index is 849. The first-order chi connectivity index (χ1) is 11.4. The average molecular weight is 347 g/mol. The summed E-state index contributed by atoms with van der Waals surface area (Å²) in [5.41, 5.74) is 6.76. The first-order valence-corrected chi connectivity index (χ1v) is 8.86. The van der Waals surface area contributed by atoms with E-state index in [9.17, 15) is 13.2 Å². The van der Waals surface area contributed by atoms with E-state index in [2.05, 4.69) is 10.5 Å². The summed E-state index contributed by atoms with van der Waals surface area (Å²) in [5.74, 6) is -0.326. The highest BCUT2D eigenvalue weighted by Crippen LogP contribution is 2.15. The first-order valence-electron chi connectivity index (χ1n) is 6.97. The summed E-state index contributed by atoms with van der Waals surface area (Å²) in [5, 5.41) is 6.20. The maximum absolute atomic E-state index is 11.8. The zero-order valence-electron chi connectivity index (χ0n) is 13.0. The van der Waals surface area contributed by atoms with E-state index in [1.54, 1.807) is 36.4 Å². The second-order valence-electron chi connectivity index (χ2n) is 4.96. The molecule has 24 heavy (non-hydrogen) atoms. The van der Waals surface area contributed by atoms with E-state index in [0.29, 0.717) is 11.3 Å². The molecule has 0 saturated carbocycles. The Kier molecular flexibility index (Phi) is 5.54. The molecule has 7 nitrogen and oxygen atoms in total. The van der Waals surface area contributed by atoms with Crippen molar-refractivity contribution in [3.05, 3.63) is 60.2 Å². The number of amides is 1. The molecule has 0 radical (unpaired) electrons. The highest BCUT2D eigenvalue weighted by Gasteiger charge is 2.09. The number of nitrogens with one attached hydrogen (secondary N) is 1. The molecule has 0 aliphatic rings. The summed E-state index contributed by atoms with van der Waals surface area (Å²) < 4.78 is 23.0. The van der Waals surface area contributed by atoms with E-state index in [1.807, 2.05) is 6.07 Å². The van der Waals surface area contributed by atoms with Crippen molar-refractivity contribution in [1.29, 1.82) is 0 Å². The fourth-order valence-corrected chi connectivity index (χ4v) is 2.49. The lowest BCUT2D eigenvalue weighted by molar-refractivity contribution is -0.120. The minimum absolute atomic E-state index is 0.118. The van der Waals surface area contributed by atoms with E-state index >= 15 is 0 Å². The van der Waals surface area contributed by atoms with Gasteiger partial charge in [-0.05, 0) is 18.2 Å². The lowest BCUT2D eigenvalue weighted by atomic mass is 10.2. The van der Waals surface area contributed by atoms with Crippen LogP contribution in [0.5, 0.6) is 0 Å². The van der Waals surface area contributed by atoms with Gasteiger partial charge in [0.2, 0.25) is 0 Å². The molecule has 0 saturated heterocycles. The van der Waals surface area contributed by atoms with E-state index in [1.165, 1.54) is 12.1 Å². The third-order valence-corrected chi connectivity index (χ3v) is 4.08. The van der Waals surface area contributed by atoms with Gasteiger partial charge < -0.3 is 15.9 Å². The predicted molar refractivity (Wildman–Crippen MR) is 91.3 cm³/mol. The Morgan fingerprint density at radius 3 is 2.54 bits per heavy atom. The molecule has 0 aliphatic carbocycles. The number of hydrogen-bond acceptors (Lipinski definition) is 5. The van der Waals surface area contributed by atoms with E-state index in [-0.39, 0.29) is 17.3 Å². The molecule has 1 amide bonds. The zero-order valence-corrected chi connectivity index (χ0v) is 13.8. The fourth-order valence-electron chi connectivity index (χ4n) is 1.82. The van der Waals surface area contributed by atoms with Gasteiger partial charge in [-0.25, -0.2) is 8.42 Å². The number of sulfone groups is 1. The summed E-state index contributed by atoms with van der Waals surface area (Å²) in [6, 6.07) is 14.9. The van der Waals surface area contributed by atoms with Crippen LogP contribution in [-0.2, 0) is 19.5 Å². The first kappa shape index (κ1) is 17.5. The number of carbonyl (C=O) groups excluding carboxylic acids is 1. The number of nitrogens with two attached hydrogens (primary N) is 1. The molecular weight excluding hydrogens is 330 g/mol. The van der Waals surface area contributed by atoms with Crippen LogP contribution >= 0.6 is 0 Å². The SMILES string of the molecule is CS(=O)(=O)c1cccc(NC(=O)CO/N=C(/N)c2ccccc2)c1. The fraction of sp³-hybridized carbons (Fsp3) is 0.125. The highest BCUT2D eigenvalue weighted by molar-refractivity contribution is 7.90. The molecule has 3 N–H and O–H groups in total. The Hall–Kier alpha value is -2.87. The van der Waals surface area contributed by atoms with Crippen LogP contribution in [0.4, 0.5) is 5.69 Å². The van der Waals surface area contributed by atoms with Gasteiger partial charge in [0.1, 0.15) is 0 Å². The van der Waals surface area contributed by atoms with Crippen molar-refractivity contribution in [2.45, 2.75) is 4.90 Å². The Balaban J connectivity index is 1.92. The summed E-state index contributed by atoms with van der Waals surface area (Å²) in [6.45, 7) is -0.351. The van der Waals surface area contributed by atoms with Crippen molar-refractivity contribution in [1.82, 2.24) is 0 Å². The van der Waals surface area contributed by atoms with Crippen LogP contribution in [0.25, 0.3) is 0 Å². The van der Waals surface area contributed by atoms with Gasteiger partial charge in [-0.3, -0.25) is 4.79 Å². The molecule has 0 unspecified atom stereocenters. The van der Waals surface area contributed by atoms with Crippen LogP contribution in [0.1, 0.15) is 5.56 Å². The predicted octanol–water partition coefficient (Wildman–Crippen LogP) is 1.37. The van der Waals surface area contributed by atoms with E-state index < -0.39 is 15.7 Å². The molecule has 0 spiro atoms. The smallest absolute Gasteiger partial charge is 0.265 e. The molecule has 2 aromatic rings. The second-order valence-corrected chi connectivity index (χ2v) is 6.98. The van der Waals surface area contributed by atoms with E-state index in [4.69, 9.17) is 10.6 Å². The van der Waals surface area contributed by atoms with Gasteiger partial charge in [-0.2, -0.15) is 0 Å². The van der Waals surface area contributed by atoms with Crippen molar-refractivity contribution in [2.75, 3.05) is 18.2 Å². The van der Waals surface area contributed by atoms with Crippen LogP contribution in [0.2, 0.25) is 0 Å². The van der Waals surface area contributed by atoms with Crippen molar-refractivity contribution in [3.8, 4) is 0 Å². The maximum atomic E-state index is 11.8. The molecule has 2 rings (SSSR count). The minimum Gasteiger partial charge on any atom is -0.384 e. The summed E-state index contributed by atoms with van der Waals surface area (Å²) >= 11 is 0. The van der Waals surface area contributed by atoms with Gasteiger partial charge in [0.15, 0.2) is 22.3 Å². The molecule has 0 heterocycles. The normalized spacial score (nSPS) is 11.8. The van der Waals surface area contributed by atoms with Crippen molar-refractivity contribution >= 4 is 27.3 Å². The van der Waals surface area contributed by atoms with E-state index in [0.717, 1.165) is 6.26 Å². The van der Waals surface area contributed by atoms with Crippen molar-refractivity contribution in [3.63, 3.8) is 0 Å². The lowest BCUT2D eigenvalue weighted by Crippen LogP contribution is -2.19. The van der Waals surface area contributed by atoms with Gasteiger partial charge in [0, 0.05) is 17.5 Å². The number of anilines is 1. The monoisotopic (exact) mass is 347 g/mol. The summed E-state index contributed by atoms with van der Waals surface area (Å²) in [7, 11) is -3.34. The standard InChI is InChI=1S/C16H17N3O4S/c1-24(21,22)14-9-5-8-13(10-14)18-15(20)11-23-19-16(17)12-6-3-2-4-7-12/h2-10H,11H2,1H3,(H2,17,19)(H,18,20). The Morgan fingerprint density at radius 2 is 1.88 bits per heavy atom. The van der Waals surface area contributed by atoms with Gasteiger partial charge >= 0.3 is 0 Å². The van der Waals surface area contributed by atoms with Crippen molar-refractivity contribution < 1.29 is 18.0 Å². The number of rotatable bonds is 6. The molecule has 2 aromatic carbocycles. The van der Waals surface area contributed by atoms with Crippen LogP contribution in [0.15, 0.2) is 64.6 Å². The van der Waals surface area contributed by atoms with Crippen molar-refractivity contribution in [2.24, 2.45) is 10.9 Å². The van der Waals surface area contributed by atoms with Crippen LogP contribution in [-0.4, -0.2) is 33.0 Å². The number of oxime groups is 1. The molecule has 0 aromatic heterocycles. The molecule has 8 heteroatoms. The number of hydrogen-bond donors (Lipinski definition) is 2. The van der Waals surface area contributed by atoms with Gasteiger partial charge in [-0.15, -0.1) is 0 Å². The van der Waals surface area contributed by atoms with Crippen LogP contribution in [0.3, 0.4) is 0 Å². The second kappa shape index (κ2) is 7.60. The topological polar surface area (TPSA) is 111 Å². The molecule has 0 atom stereocenters.